The molecule has 2 heterocycles. The third-order valence-electron chi connectivity index (χ3n) is 5.74. The molecular weight excluding hydrogens is 368 g/mol. The lowest BCUT2D eigenvalue weighted by Crippen LogP contribution is -2.37. The number of morpholine rings is 1. The summed E-state index contributed by atoms with van der Waals surface area (Å²) in [5.41, 5.74) is 8.43. The number of aromatic nitrogens is 1. The van der Waals surface area contributed by atoms with E-state index in [0.29, 0.717) is 30.4 Å². The first-order valence-corrected chi connectivity index (χ1v) is 10.1. The van der Waals surface area contributed by atoms with Crippen molar-refractivity contribution in [1.82, 2.24) is 4.98 Å². The number of hydrogen-bond donors (Lipinski definition) is 2. The Morgan fingerprint density at radius 2 is 1.93 bits per heavy atom. The highest BCUT2D eigenvalue weighted by Gasteiger charge is 2.24. The van der Waals surface area contributed by atoms with E-state index in [0.717, 1.165) is 30.8 Å². The van der Waals surface area contributed by atoms with Gasteiger partial charge in [0.15, 0.2) is 5.69 Å². The summed E-state index contributed by atoms with van der Waals surface area (Å²) in [4.78, 5) is 31.5. The molecule has 0 unspecified atom stereocenters. The number of nitrogens with one attached hydrogen (secondary N) is 1. The molecule has 29 heavy (non-hydrogen) atoms. The molecule has 2 fully saturated rings. The molecule has 7 heteroatoms. The van der Waals surface area contributed by atoms with Gasteiger partial charge in [-0.2, -0.15) is 0 Å². The third-order valence-corrected chi connectivity index (χ3v) is 5.74. The second-order valence-corrected chi connectivity index (χ2v) is 7.63. The average molecular weight is 394 g/mol. The maximum atomic E-state index is 13.2. The van der Waals surface area contributed by atoms with Crippen molar-refractivity contribution in [3.05, 3.63) is 53.3 Å². The third kappa shape index (κ3) is 4.24. The Labute approximate surface area is 170 Å². The molecule has 3 N–H and O–H groups in total. The van der Waals surface area contributed by atoms with Gasteiger partial charge in [-0.1, -0.05) is 31.4 Å². The van der Waals surface area contributed by atoms with Gasteiger partial charge in [-0.25, -0.2) is 4.98 Å². The first kappa shape index (κ1) is 19.4. The number of nitrogens with zero attached hydrogens (tertiary/aromatic N) is 2. The average Bonchev–Trinajstić information content (AvgIpc) is 2.72. The van der Waals surface area contributed by atoms with Gasteiger partial charge in [-0.05, 0) is 36.1 Å². The van der Waals surface area contributed by atoms with Crippen LogP contribution in [0.1, 0.15) is 45.7 Å². The number of hydrogen-bond acceptors (Lipinski definition) is 5. The number of carbonyl (C=O) groups excluding carboxylic acids is 2. The van der Waals surface area contributed by atoms with E-state index in [-0.39, 0.29) is 11.6 Å². The van der Waals surface area contributed by atoms with Gasteiger partial charge in [0.25, 0.3) is 11.8 Å². The summed E-state index contributed by atoms with van der Waals surface area (Å²) in [6, 6.07) is 9.36. The van der Waals surface area contributed by atoms with Crippen LogP contribution in [-0.2, 0) is 11.2 Å². The van der Waals surface area contributed by atoms with Crippen molar-refractivity contribution in [3.63, 3.8) is 0 Å². The normalized spacial score (nSPS) is 16.9. The van der Waals surface area contributed by atoms with Gasteiger partial charge in [0.05, 0.1) is 24.5 Å². The van der Waals surface area contributed by atoms with Crippen LogP contribution in [0.2, 0.25) is 0 Å². The van der Waals surface area contributed by atoms with Crippen molar-refractivity contribution in [2.24, 2.45) is 11.7 Å². The summed E-state index contributed by atoms with van der Waals surface area (Å²) >= 11 is 0. The highest BCUT2D eigenvalue weighted by Crippen LogP contribution is 2.33. The fourth-order valence-corrected chi connectivity index (χ4v) is 3.93. The standard InChI is InChI=1S/C22H26N4O3/c23-21(27)20-19(16(8-9-24-20)14-15-4-3-5-15)25-22(28)17-6-1-2-7-18(17)26-10-12-29-13-11-26/h1-2,6-9,15H,3-5,10-14H2,(H2,23,27)(H,25,28). The predicted octanol–water partition coefficient (Wildman–Crippen LogP) is 2.61. The molecule has 7 nitrogen and oxygen atoms in total. The van der Waals surface area contributed by atoms with Crippen LogP contribution in [0.4, 0.5) is 11.4 Å². The second-order valence-electron chi connectivity index (χ2n) is 7.63. The fraction of sp³-hybridized carbons (Fsp3) is 0.409. The lowest BCUT2D eigenvalue weighted by Gasteiger charge is -2.30. The number of primary amides is 1. The van der Waals surface area contributed by atoms with Gasteiger partial charge in [-0.3, -0.25) is 9.59 Å². The van der Waals surface area contributed by atoms with E-state index < -0.39 is 5.91 Å². The number of carbonyl (C=O) groups is 2. The van der Waals surface area contributed by atoms with Gasteiger partial charge in [0.1, 0.15) is 0 Å². The smallest absolute Gasteiger partial charge is 0.269 e. The van der Waals surface area contributed by atoms with Crippen molar-refractivity contribution in [2.45, 2.75) is 25.7 Å². The number of amides is 2. The summed E-state index contributed by atoms with van der Waals surface area (Å²) in [5, 5.41) is 2.95. The summed E-state index contributed by atoms with van der Waals surface area (Å²) in [7, 11) is 0. The highest BCUT2D eigenvalue weighted by atomic mass is 16.5. The first-order valence-electron chi connectivity index (χ1n) is 10.1. The first-order chi connectivity index (χ1) is 14.1. The molecule has 1 aliphatic heterocycles. The molecule has 2 amide bonds. The number of anilines is 2. The molecule has 152 valence electrons. The summed E-state index contributed by atoms with van der Waals surface area (Å²) in [6.45, 7) is 2.74. The quantitative estimate of drug-likeness (QED) is 0.785. The highest BCUT2D eigenvalue weighted by molar-refractivity contribution is 6.11. The van der Waals surface area contributed by atoms with Crippen LogP contribution < -0.4 is 16.0 Å². The van der Waals surface area contributed by atoms with Gasteiger partial charge >= 0.3 is 0 Å². The fourth-order valence-electron chi connectivity index (χ4n) is 3.93. The molecule has 1 saturated carbocycles. The Hall–Kier alpha value is -2.93. The van der Waals surface area contributed by atoms with E-state index in [2.05, 4.69) is 15.2 Å². The summed E-state index contributed by atoms with van der Waals surface area (Å²) < 4.78 is 5.43. The number of para-hydroxylation sites is 1. The van der Waals surface area contributed by atoms with E-state index in [1.54, 1.807) is 12.3 Å². The van der Waals surface area contributed by atoms with E-state index in [1.165, 1.54) is 19.3 Å². The Morgan fingerprint density at radius 3 is 2.62 bits per heavy atom. The molecule has 1 saturated heterocycles. The molecule has 2 aliphatic rings. The second kappa shape index (κ2) is 8.61. The minimum atomic E-state index is -0.641. The monoisotopic (exact) mass is 394 g/mol. The lowest BCUT2D eigenvalue weighted by molar-refractivity contribution is 0.0996. The van der Waals surface area contributed by atoms with Crippen LogP contribution >= 0.6 is 0 Å². The topological polar surface area (TPSA) is 97.6 Å². The predicted molar refractivity (Wildman–Crippen MR) is 111 cm³/mol. The van der Waals surface area contributed by atoms with Gasteiger partial charge in [0.2, 0.25) is 0 Å². The van der Waals surface area contributed by atoms with E-state index in [9.17, 15) is 9.59 Å². The molecule has 1 aliphatic carbocycles. The van der Waals surface area contributed by atoms with Crippen LogP contribution in [0, 0.1) is 5.92 Å². The van der Waals surface area contributed by atoms with E-state index in [1.807, 2.05) is 24.3 Å². The van der Waals surface area contributed by atoms with E-state index >= 15 is 0 Å². The van der Waals surface area contributed by atoms with E-state index in [4.69, 9.17) is 10.5 Å². The number of rotatable bonds is 6. The molecule has 0 bridgehead atoms. The summed E-state index contributed by atoms with van der Waals surface area (Å²) in [6.07, 6.45) is 5.96. The molecule has 0 atom stereocenters. The van der Waals surface area contributed by atoms with Crippen LogP contribution in [0.5, 0.6) is 0 Å². The SMILES string of the molecule is NC(=O)c1nccc(CC2CCC2)c1NC(=O)c1ccccc1N1CCOCC1. The minimum Gasteiger partial charge on any atom is -0.378 e. The van der Waals surface area contributed by atoms with Crippen molar-refractivity contribution >= 4 is 23.2 Å². The lowest BCUT2D eigenvalue weighted by atomic mass is 9.80. The zero-order valence-corrected chi connectivity index (χ0v) is 16.4. The Morgan fingerprint density at radius 1 is 1.17 bits per heavy atom. The van der Waals surface area contributed by atoms with Crippen LogP contribution in [0.25, 0.3) is 0 Å². The molecule has 1 aromatic heterocycles. The number of nitrogens with two attached hydrogens (primary N) is 1. The largest absolute Gasteiger partial charge is 0.378 e. The maximum Gasteiger partial charge on any atom is 0.269 e. The van der Waals surface area contributed by atoms with Crippen LogP contribution in [0.15, 0.2) is 36.5 Å². The van der Waals surface area contributed by atoms with Gasteiger partial charge in [0, 0.05) is 25.0 Å². The molecular formula is C22H26N4O3. The van der Waals surface area contributed by atoms with Crippen molar-refractivity contribution < 1.29 is 14.3 Å². The number of pyridine rings is 1. The zero-order valence-electron chi connectivity index (χ0n) is 16.4. The minimum absolute atomic E-state index is 0.110. The van der Waals surface area contributed by atoms with Crippen molar-refractivity contribution in [3.8, 4) is 0 Å². The summed E-state index contributed by atoms with van der Waals surface area (Å²) in [5.74, 6) is -0.330. The Kier molecular flexibility index (Phi) is 5.76. The molecule has 0 radical (unpaired) electrons. The van der Waals surface area contributed by atoms with Crippen molar-refractivity contribution in [1.29, 1.82) is 0 Å². The molecule has 0 spiro atoms. The molecule has 4 rings (SSSR count). The molecule has 1 aromatic carbocycles. The van der Waals surface area contributed by atoms with Crippen LogP contribution in [-0.4, -0.2) is 43.1 Å². The Bertz CT molecular complexity index is 905. The van der Waals surface area contributed by atoms with Gasteiger partial charge < -0.3 is 20.7 Å². The molecule has 2 aromatic rings. The Balaban J connectivity index is 1.64. The number of ether oxygens (including phenoxy) is 1. The number of benzene rings is 1. The van der Waals surface area contributed by atoms with Gasteiger partial charge in [-0.15, -0.1) is 0 Å². The zero-order chi connectivity index (χ0) is 20.2. The van der Waals surface area contributed by atoms with Crippen LogP contribution in [0.3, 0.4) is 0 Å². The maximum absolute atomic E-state index is 13.2. The van der Waals surface area contributed by atoms with Crippen molar-refractivity contribution in [2.75, 3.05) is 36.5 Å².